The van der Waals surface area contributed by atoms with E-state index in [1.165, 1.54) is 21.3 Å². The van der Waals surface area contributed by atoms with Gasteiger partial charge in [0.05, 0.1) is 16.7 Å². The Morgan fingerprint density at radius 1 is 0.879 bits per heavy atom. The second kappa shape index (κ2) is 9.65. The lowest BCUT2D eigenvalue weighted by atomic mass is 10.1. The molecule has 0 atom stereocenters. The summed E-state index contributed by atoms with van der Waals surface area (Å²) in [5.74, 6) is -0.171. The molecule has 0 amide bonds. The predicted octanol–water partition coefficient (Wildman–Crippen LogP) is 4.27. The summed E-state index contributed by atoms with van der Waals surface area (Å²) in [6.45, 7) is 4.48. The van der Waals surface area contributed by atoms with Crippen LogP contribution in [0.15, 0.2) is 93.6 Å². The van der Waals surface area contributed by atoms with Crippen LogP contribution in [-0.4, -0.2) is 9.13 Å². The smallest absolute Gasteiger partial charge is 0.289 e. The van der Waals surface area contributed by atoms with Crippen molar-refractivity contribution in [3.05, 3.63) is 111 Å². The normalized spacial score (nSPS) is 11.8. The topological polar surface area (TPSA) is 68.4 Å². The first-order valence-corrected chi connectivity index (χ1v) is 10.9. The van der Waals surface area contributed by atoms with Crippen molar-refractivity contribution in [2.45, 2.75) is 26.8 Å². The summed E-state index contributed by atoms with van der Waals surface area (Å²) in [7, 11) is 0. The lowest BCUT2D eigenvalue weighted by Gasteiger charge is -2.11. The fourth-order valence-corrected chi connectivity index (χ4v) is 3.62. The van der Waals surface area contributed by atoms with Gasteiger partial charge in [-0.25, -0.2) is 4.39 Å². The standard InChI is InChI=1S/C26H25FN4O2/c1-18(2)15-16-30-22-14-13-19(27)17-23(22)31(21-11-7-4-8-12-21)26(33)24(25(30)32)29-28-20-9-5-3-6-10-20/h3-14,17-18,28H,15-16H2,1-2H3. The van der Waals surface area contributed by atoms with Gasteiger partial charge in [0.25, 0.3) is 11.1 Å². The highest BCUT2D eigenvalue weighted by molar-refractivity contribution is 5.76. The summed E-state index contributed by atoms with van der Waals surface area (Å²) in [6.07, 6.45) is 0.710. The fourth-order valence-electron chi connectivity index (χ4n) is 3.62. The second-order valence-electron chi connectivity index (χ2n) is 8.19. The third kappa shape index (κ3) is 4.77. The monoisotopic (exact) mass is 444 g/mol. The average molecular weight is 445 g/mol. The van der Waals surface area contributed by atoms with Gasteiger partial charge in [-0.05, 0) is 48.7 Å². The Morgan fingerprint density at radius 2 is 1.55 bits per heavy atom. The van der Waals surface area contributed by atoms with E-state index >= 15 is 0 Å². The van der Waals surface area contributed by atoms with Crippen LogP contribution < -0.4 is 21.9 Å². The number of rotatable bonds is 6. The number of halogens is 1. The van der Waals surface area contributed by atoms with Crippen LogP contribution in [0, 0.1) is 11.7 Å². The molecule has 1 N–H and O–H groups in total. The molecular formula is C26H25FN4O2. The number of anilines is 1. The molecule has 4 aromatic rings. The van der Waals surface area contributed by atoms with E-state index in [9.17, 15) is 14.0 Å². The van der Waals surface area contributed by atoms with Crippen molar-refractivity contribution in [3.8, 4) is 5.69 Å². The van der Waals surface area contributed by atoms with E-state index in [2.05, 4.69) is 24.4 Å². The molecular weight excluding hydrogens is 419 g/mol. The molecule has 0 bridgehead atoms. The van der Waals surface area contributed by atoms with Crippen LogP contribution in [-0.2, 0) is 6.54 Å². The number of hydrogen-bond acceptors (Lipinski definition) is 4. The molecule has 33 heavy (non-hydrogen) atoms. The molecule has 3 aromatic carbocycles. The maximum absolute atomic E-state index is 14.4. The van der Waals surface area contributed by atoms with Crippen LogP contribution in [0.3, 0.4) is 0 Å². The summed E-state index contributed by atoms with van der Waals surface area (Å²) >= 11 is 0. The van der Waals surface area contributed by atoms with E-state index in [-0.39, 0.29) is 5.36 Å². The second-order valence-corrected chi connectivity index (χ2v) is 8.19. The van der Waals surface area contributed by atoms with Crippen molar-refractivity contribution in [1.82, 2.24) is 9.13 Å². The Kier molecular flexibility index (Phi) is 6.49. The Labute approximate surface area is 190 Å². The Balaban J connectivity index is 2.13. The van der Waals surface area contributed by atoms with Gasteiger partial charge in [0.2, 0.25) is 5.36 Å². The van der Waals surface area contributed by atoms with E-state index in [0.717, 1.165) is 0 Å². The van der Waals surface area contributed by atoms with Crippen LogP contribution in [0.4, 0.5) is 10.1 Å². The van der Waals surface area contributed by atoms with Gasteiger partial charge in [-0.3, -0.25) is 19.6 Å². The molecule has 0 spiro atoms. The Hall–Kier alpha value is -4.00. The zero-order valence-corrected chi connectivity index (χ0v) is 18.5. The Morgan fingerprint density at radius 3 is 2.21 bits per heavy atom. The summed E-state index contributed by atoms with van der Waals surface area (Å²) in [5, 5.41) is 3.95. The maximum atomic E-state index is 14.4. The lowest BCUT2D eigenvalue weighted by Crippen LogP contribution is -2.45. The minimum atomic E-state index is -0.631. The first kappa shape index (κ1) is 22.2. The molecule has 0 aliphatic rings. The minimum Gasteiger partial charge on any atom is -0.305 e. The predicted molar refractivity (Wildman–Crippen MR) is 129 cm³/mol. The van der Waals surface area contributed by atoms with Crippen molar-refractivity contribution in [2.24, 2.45) is 11.0 Å². The summed E-state index contributed by atoms with van der Waals surface area (Å²) < 4.78 is 17.2. The van der Waals surface area contributed by atoms with Crippen molar-refractivity contribution >= 4 is 16.7 Å². The first-order chi connectivity index (χ1) is 16.0. The van der Waals surface area contributed by atoms with Crippen LogP contribution in [0.2, 0.25) is 0 Å². The number of nitrogens with one attached hydrogen (secondary N) is 1. The minimum absolute atomic E-state index is 0.275. The molecule has 0 saturated carbocycles. The van der Waals surface area contributed by atoms with Gasteiger partial charge < -0.3 is 4.57 Å². The molecule has 1 heterocycles. The van der Waals surface area contributed by atoms with Crippen LogP contribution in [0.25, 0.3) is 16.7 Å². The van der Waals surface area contributed by atoms with E-state index < -0.39 is 16.9 Å². The quantitative estimate of drug-likeness (QED) is 0.452. The molecule has 4 rings (SSSR count). The molecule has 7 heteroatoms. The molecule has 0 aliphatic heterocycles. The number of aromatic nitrogens is 2. The summed E-state index contributed by atoms with van der Waals surface area (Å²) in [4.78, 5) is 27.3. The van der Waals surface area contributed by atoms with Crippen molar-refractivity contribution in [1.29, 1.82) is 0 Å². The van der Waals surface area contributed by atoms with Crippen molar-refractivity contribution < 1.29 is 4.39 Å². The SMILES string of the molecule is CC(C)CCn1c(=O)c(=NNc2ccccc2)c(=O)n(-c2ccccc2)c2cc(F)ccc21. The van der Waals surface area contributed by atoms with Gasteiger partial charge in [0.15, 0.2) is 0 Å². The Bertz CT molecular complexity index is 1460. The van der Waals surface area contributed by atoms with E-state index in [1.54, 1.807) is 42.5 Å². The number of fused-ring (bicyclic) bond motifs is 1. The summed E-state index contributed by atoms with van der Waals surface area (Å²) in [5.41, 5.74) is 3.57. The third-order valence-electron chi connectivity index (χ3n) is 5.34. The maximum Gasteiger partial charge on any atom is 0.289 e. The van der Waals surface area contributed by atoms with E-state index in [4.69, 9.17) is 0 Å². The van der Waals surface area contributed by atoms with Crippen molar-refractivity contribution in [2.75, 3.05) is 5.43 Å². The molecule has 0 saturated heterocycles. The van der Waals surface area contributed by atoms with E-state index in [1.807, 2.05) is 24.3 Å². The molecule has 0 radical (unpaired) electrons. The zero-order valence-electron chi connectivity index (χ0n) is 18.5. The van der Waals surface area contributed by atoms with E-state index in [0.29, 0.717) is 41.3 Å². The number of benzene rings is 3. The lowest BCUT2D eigenvalue weighted by molar-refractivity contribution is 0.515. The highest BCUT2D eigenvalue weighted by atomic mass is 19.1. The van der Waals surface area contributed by atoms with Crippen molar-refractivity contribution in [3.63, 3.8) is 0 Å². The molecule has 0 aliphatic carbocycles. The molecule has 6 nitrogen and oxygen atoms in total. The fraction of sp³-hybridized carbons (Fsp3) is 0.192. The van der Waals surface area contributed by atoms with Gasteiger partial charge in [0.1, 0.15) is 5.82 Å². The van der Waals surface area contributed by atoms with Crippen LogP contribution in [0.5, 0.6) is 0 Å². The van der Waals surface area contributed by atoms with Gasteiger partial charge in [-0.2, -0.15) is 5.10 Å². The first-order valence-electron chi connectivity index (χ1n) is 10.9. The average Bonchev–Trinajstić information content (AvgIpc) is 2.89. The number of hydrogen-bond donors (Lipinski definition) is 1. The number of para-hydroxylation sites is 2. The van der Waals surface area contributed by atoms with Gasteiger partial charge in [0, 0.05) is 18.3 Å². The molecule has 0 fully saturated rings. The highest BCUT2D eigenvalue weighted by Crippen LogP contribution is 2.17. The molecule has 0 unspecified atom stereocenters. The zero-order chi connectivity index (χ0) is 23.4. The largest absolute Gasteiger partial charge is 0.305 e. The summed E-state index contributed by atoms with van der Waals surface area (Å²) in [6, 6.07) is 22.1. The third-order valence-corrected chi connectivity index (χ3v) is 5.34. The van der Waals surface area contributed by atoms with Gasteiger partial charge in [-0.1, -0.05) is 50.2 Å². The van der Waals surface area contributed by atoms with Gasteiger partial charge in [-0.15, -0.1) is 0 Å². The number of nitrogens with zero attached hydrogens (tertiary/aromatic N) is 3. The van der Waals surface area contributed by atoms with Crippen LogP contribution in [0.1, 0.15) is 20.3 Å². The molecule has 1 aromatic heterocycles. The van der Waals surface area contributed by atoms with Gasteiger partial charge >= 0.3 is 0 Å². The molecule has 168 valence electrons. The van der Waals surface area contributed by atoms with Crippen LogP contribution >= 0.6 is 0 Å². The number of aryl methyl sites for hydroxylation is 1. The highest BCUT2D eigenvalue weighted by Gasteiger charge is 2.15.